The van der Waals surface area contributed by atoms with Gasteiger partial charge in [0.2, 0.25) is 0 Å². The largest absolute Gasteiger partial charge is 0.506 e. The Morgan fingerprint density at radius 1 is 1.29 bits per heavy atom. The molecular weight excluding hydrogens is 350 g/mol. The molecule has 1 atom stereocenters. The molecule has 0 radical (unpaired) electrons. The summed E-state index contributed by atoms with van der Waals surface area (Å²) in [7, 11) is 1.72. The molecule has 0 bridgehead atoms. The number of anilines is 1. The van der Waals surface area contributed by atoms with Crippen molar-refractivity contribution in [3.05, 3.63) is 71.1 Å². The molecule has 0 saturated carbocycles. The van der Waals surface area contributed by atoms with Crippen LogP contribution in [0.25, 0.3) is 11.3 Å². The van der Waals surface area contributed by atoms with E-state index in [4.69, 9.17) is 11.5 Å². The zero-order valence-electron chi connectivity index (χ0n) is 16.2. The van der Waals surface area contributed by atoms with Gasteiger partial charge in [0.05, 0.1) is 17.4 Å². The van der Waals surface area contributed by atoms with Crippen molar-refractivity contribution in [2.24, 2.45) is 16.5 Å². The van der Waals surface area contributed by atoms with Crippen LogP contribution in [0.3, 0.4) is 0 Å². The molecule has 7 N–H and O–H groups in total. The van der Waals surface area contributed by atoms with E-state index in [1.165, 1.54) is 0 Å². The van der Waals surface area contributed by atoms with Crippen LogP contribution in [0, 0.1) is 0 Å². The van der Waals surface area contributed by atoms with E-state index in [-0.39, 0.29) is 11.8 Å². The van der Waals surface area contributed by atoms with Crippen LogP contribution in [0.5, 0.6) is 5.75 Å². The number of hydrogen-bond donors (Lipinski definition) is 5. The molecule has 0 aromatic heterocycles. The highest BCUT2D eigenvalue weighted by Crippen LogP contribution is 2.35. The average molecular weight is 377 g/mol. The smallest absolute Gasteiger partial charge is 0.138 e. The van der Waals surface area contributed by atoms with Gasteiger partial charge < -0.3 is 27.2 Å². The van der Waals surface area contributed by atoms with Gasteiger partial charge in [-0.2, -0.15) is 0 Å². The van der Waals surface area contributed by atoms with E-state index in [2.05, 4.69) is 27.8 Å². The number of hydrogen-bond acceptors (Lipinski definition) is 6. The normalized spacial score (nSPS) is 18.9. The molecule has 1 unspecified atom stereocenters. The summed E-state index contributed by atoms with van der Waals surface area (Å²) < 4.78 is 0. The topological polar surface area (TPSA) is 109 Å². The Kier molecular flexibility index (Phi) is 5.89. The third-order valence-electron chi connectivity index (χ3n) is 4.84. The van der Waals surface area contributed by atoms with Crippen molar-refractivity contribution in [3.63, 3.8) is 0 Å². The molecule has 2 aromatic carbocycles. The van der Waals surface area contributed by atoms with Gasteiger partial charge >= 0.3 is 0 Å². The molecule has 0 amide bonds. The molecule has 1 heterocycles. The Labute approximate surface area is 165 Å². The minimum Gasteiger partial charge on any atom is -0.506 e. The number of nitrogens with zero attached hydrogens (tertiary/aromatic N) is 1. The minimum absolute atomic E-state index is 0.00908. The van der Waals surface area contributed by atoms with Gasteiger partial charge in [-0.3, -0.25) is 4.99 Å². The first kappa shape index (κ1) is 19.4. The quantitative estimate of drug-likeness (QED) is 0.415. The van der Waals surface area contributed by atoms with E-state index in [1.807, 2.05) is 31.2 Å². The number of rotatable bonds is 4. The molecule has 0 fully saturated rings. The summed E-state index contributed by atoms with van der Waals surface area (Å²) in [5, 5.41) is 17.1. The number of aliphatic imine (C=N–C) groups is 1. The molecule has 1 aliphatic rings. The number of phenols is 1. The predicted molar refractivity (Wildman–Crippen MR) is 117 cm³/mol. The first-order chi connectivity index (χ1) is 13.5. The summed E-state index contributed by atoms with van der Waals surface area (Å²) >= 11 is 0. The highest BCUT2D eigenvalue weighted by atomic mass is 16.3. The number of para-hydroxylation sites is 2. The van der Waals surface area contributed by atoms with Crippen molar-refractivity contribution in [2.75, 3.05) is 18.9 Å². The standard InChI is InChI=1S/C22H27N5O/c1-14(24)22-17-8-7-15(16(12-23)13-25-2)11-18(17)19(9-10-26-22)27-20-5-3-4-6-21(20)28/h3-8,11-13,19,26-28H,9-10,23-24H2,1-2H3/b16-12?,22-14-,25-13?. The molecule has 2 aromatic rings. The van der Waals surface area contributed by atoms with Gasteiger partial charge in [0.1, 0.15) is 5.75 Å². The molecule has 1 aliphatic heterocycles. The second kappa shape index (κ2) is 8.52. The second-order valence-electron chi connectivity index (χ2n) is 6.80. The zero-order valence-corrected chi connectivity index (χ0v) is 16.2. The fourth-order valence-electron chi connectivity index (χ4n) is 3.49. The lowest BCUT2D eigenvalue weighted by molar-refractivity contribution is 0.476. The fourth-order valence-corrected chi connectivity index (χ4v) is 3.49. The summed E-state index contributed by atoms with van der Waals surface area (Å²) in [6.07, 6.45) is 4.12. The molecule has 0 saturated heterocycles. The average Bonchev–Trinajstić information content (AvgIpc) is 2.87. The first-order valence-corrected chi connectivity index (χ1v) is 9.28. The van der Waals surface area contributed by atoms with Crippen molar-refractivity contribution in [2.45, 2.75) is 19.4 Å². The van der Waals surface area contributed by atoms with E-state index in [9.17, 15) is 5.11 Å². The van der Waals surface area contributed by atoms with Crippen LogP contribution in [0.15, 0.2) is 59.4 Å². The maximum atomic E-state index is 10.2. The lowest BCUT2D eigenvalue weighted by Crippen LogP contribution is -2.16. The Morgan fingerprint density at radius 2 is 2.07 bits per heavy atom. The van der Waals surface area contributed by atoms with Gasteiger partial charge in [0.25, 0.3) is 0 Å². The number of fused-ring (bicyclic) bond motifs is 1. The molecular formula is C22H27N5O. The Hall–Kier alpha value is -3.41. The number of aromatic hydroxyl groups is 1. The highest BCUT2D eigenvalue weighted by Gasteiger charge is 2.23. The Balaban J connectivity index is 2.12. The van der Waals surface area contributed by atoms with E-state index in [1.54, 1.807) is 25.5 Å². The predicted octanol–water partition coefficient (Wildman–Crippen LogP) is 3.19. The van der Waals surface area contributed by atoms with Gasteiger partial charge in [0.15, 0.2) is 0 Å². The lowest BCUT2D eigenvalue weighted by atomic mass is 9.92. The monoisotopic (exact) mass is 377 g/mol. The summed E-state index contributed by atoms with van der Waals surface area (Å²) in [5.74, 6) is 0.226. The van der Waals surface area contributed by atoms with Crippen LogP contribution < -0.4 is 22.1 Å². The molecule has 28 heavy (non-hydrogen) atoms. The van der Waals surface area contributed by atoms with Crippen LogP contribution >= 0.6 is 0 Å². The van der Waals surface area contributed by atoms with E-state index < -0.39 is 0 Å². The lowest BCUT2D eigenvalue weighted by Gasteiger charge is -2.22. The molecule has 146 valence electrons. The number of benzene rings is 2. The second-order valence-corrected chi connectivity index (χ2v) is 6.80. The third-order valence-corrected chi connectivity index (χ3v) is 4.84. The number of allylic oxidation sites excluding steroid dienone is 2. The van der Waals surface area contributed by atoms with Crippen molar-refractivity contribution < 1.29 is 5.11 Å². The molecule has 6 nitrogen and oxygen atoms in total. The van der Waals surface area contributed by atoms with Crippen molar-refractivity contribution in [1.82, 2.24) is 5.32 Å². The van der Waals surface area contributed by atoms with Gasteiger partial charge in [-0.15, -0.1) is 0 Å². The third kappa shape index (κ3) is 3.96. The number of nitrogens with one attached hydrogen (secondary N) is 2. The summed E-state index contributed by atoms with van der Waals surface area (Å²) in [6, 6.07) is 13.4. The number of phenolic OH excluding ortho intramolecular Hbond substituents is 1. The van der Waals surface area contributed by atoms with Crippen molar-refractivity contribution >= 4 is 23.2 Å². The van der Waals surface area contributed by atoms with Gasteiger partial charge in [0, 0.05) is 42.8 Å². The van der Waals surface area contributed by atoms with E-state index >= 15 is 0 Å². The zero-order chi connectivity index (χ0) is 20.1. The first-order valence-electron chi connectivity index (χ1n) is 9.28. The van der Waals surface area contributed by atoms with Gasteiger partial charge in [-0.05, 0) is 42.7 Å². The van der Waals surface area contributed by atoms with Gasteiger partial charge in [-0.1, -0.05) is 24.3 Å². The van der Waals surface area contributed by atoms with Crippen LogP contribution in [0.4, 0.5) is 5.69 Å². The Bertz CT molecular complexity index is 942. The van der Waals surface area contributed by atoms with Crippen LogP contribution in [0.1, 0.15) is 36.1 Å². The van der Waals surface area contributed by atoms with E-state index in [0.29, 0.717) is 5.69 Å². The highest BCUT2D eigenvalue weighted by molar-refractivity contribution is 6.09. The van der Waals surface area contributed by atoms with E-state index in [0.717, 1.165) is 46.6 Å². The van der Waals surface area contributed by atoms with Crippen molar-refractivity contribution in [3.8, 4) is 5.75 Å². The number of nitrogens with two attached hydrogens (primary N) is 2. The SMILES string of the molecule is CN=CC(=CN)c1ccc2c(c1)C(Nc1ccccc1O)CCN/C2=C(/C)N. The molecule has 3 rings (SSSR count). The van der Waals surface area contributed by atoms with Crippen molar-refractivity contribution in [1.29, 1.82) is 0 Å². The Morgan fingerprint density at radius 3 is 2.75 bits per heavy atom. The summed E-state index contributed by atoms with van der Waals surface area (Å²) in [4.78, 5) is 4.09. The fraction of sp³-hybridized carbons (Fsp3) is 0.227. The van der Waals surface area contributed by atoms with Crippen LogP contribution in [0.2, 0.25) is 0 Å². The molecule has 0 spiro atoms. The van der Waals surface area contributed by atoms with Crippen LogP contribution in [-0.2, 0) is 0 Å². The van der Waals surface area contributed by atoms with Gasteiger partial charge in [-0.25, -0.2) is 0 Å². The molecule has 0 aliphatic carbocycles. The van der Waals surface area contributed by atoms with Crippen LogP contribution in [-0.4, -0.2) is 24.9 Å². The minimum atomic E-state index is -0.00908. The maximum Gasteiger partial charge on any atom is 0.138 e. The summed E-state index contributed by atoms with van der Waals surface area (Å²) in [5.41, 5.74) is 18.3. The summed E-state index contributed by atoms with van der Waals surface area (Å²) in [6.45, 7) is 2.65. The maximum absolute atomic E-state index is 10.2. The molecule has 6 heteroatoms.